The van der Waals surface area contributed by atoms with Crippen molar-refractivity contribution in [3.8, 4) is 0 Å². The molecule has 0 aromatic carbocycles. The third kappa shape index (κ3) is 2.72. The summed E-state index contributed by atoms with van der Waals surface area (Å²) in [7, 11) is 0. The van der Waals surface area contributed by atoms with Crippen LogP contribution in [0.4, 0.5) is 0 Å². The second-order valence-corrected chi connectivity index (χ2v) is 6.36. The van der Waals surface area contributed by atoms with Gasteiger partial charge in [-0.25, -0.2) is 0 Å². The topological polar surface area (TPSA) is 23.5 Å². The number of aliphatic hydroxyl groups excluding tert-OH is 1. The van der Waals surface area contributed by atoms with Gasteiger partial charge in [-0.2, -0.15) is 0 Å². The standard InChI is InChI=1S/C14H23NOS/c1-4-14(3,11(2)16)15(12-7-8-12)10-13-6-5-9-17-13/h5-6,9,11-12,16H,4,7-8,10H2,1-3H3. The van der Waals surface area contributed by atoms with E-state index in [4.69, 9.17) is 0 Å². The number of aliphatic hydroxyl groups is 1. The van der Waals surface area contributed by atoms with E-state index in [0.717, 1.165) is 13.0 Å². The van der Waals surface area contributed by atoms with Crippen molar-refractivity contribution in [3.63, 3.8) is 0 Å². The van der Waals surface area contributed by atoms with E-state index in [1.165, 1.54) is 17.7 Å². The van der Waals surface area contributed by atoms with Gasteiger partial charge in [0.2, 0.25) is 0 Å². The minimum atomic E-state index is -0.284. The van der Waals surface area contributed by atoms with Crippen LogP contribution in [0.5, 0.6) is 0 Å². The van der Waals surface area contributed by atoms with Gasteiger partial charge in [0, 0.05) is 23.0 Å². The quantitative estimate of drug-likeness (QED) is 0.841. The van der Waals surface area contributed by atoms with Crippen LogP contribution in [0.15, 0.2) is 17.5 Å². The van der Waals surface area contributed by atoms with Crippen LogP contribution in [0.25, 0.3) is 0 Å². The molecule has 2 rings (SSSR count). The van der Waals surface area contributed by atoms with Crippen LogP contribution in [0.3, 0.4) is 0 Å². The van der Waals surface area contributed by atoms with Crippen LogP contribution in [-0.2, 0) is 6.54 Å². The summed E-state index contributed by atoms with van der Waals surface area (Å²) in [5.74, 6) is 0. The number of nitrogens with zero attached hydrogens (tertiary/aromatic N) is 1. The van der Waals surface area contributed by atoms with Crippen molar-refractivity contribution in [2.24, 2.45) is 0 Å². The van der Waals surface area contributed by atoms with Crippen molar-refractivity contribution >= 4 is 11.3 Å². The van der Waals surface area contributed by atoms with Crippen molar-refractivity contribution in [1.82, 2.24) is 4.90 Å². The van der Waals surface area contributed by atoms with E-state index in [2.05, 4.69) is 36.3 Å². The average Bonchev–Trinajstić information content (AvgIpc) is 3.02. The second-order valence-electron chi connectivity index (χ2n) is 5.33. The van der Waals surface area contributed by atoms with Gasteiger partial charge in [0.25, 0.3) is 0 Å². The van der Waals surface area contributed by atoms with E-state index >= 15 is 0 Å². The molecule has 0 spiro atoms. The van der Waals surface area contributed by atoms with Crippen LogP contribution in [0.1, 0.15) is 44.9 Å². The van der Waals surface area contributed by atoms with Crippen LogP contribution >= 0.6 is 11.3 Å². The molecule has 17 heavy (non-hydrogen) atoms. The van der Waals surface area contributed by atoms with Crippen molar-refractivity contribution in [2.75, 3.05) is 0 Å². The van der Waals surface area contributed by atoms with E-state index in [1.807, 2.05) is 18.3 Å². The van der Waals surface area contributed by atoms with E-state index in [-0.39, 0.29) is 11.6 Å². The van der Waals surface area contributed by atoms with Gasteiger partial charge in [0.1, 0.15) is 0 Å². The zero-order chi connectivity index (χ0) is 12.5. The van der Waals surface area contributed by atoms with Crippen molar-refractivity contribution in [2.45, 2.75) is 64.3 Å². The smallest absolute Gasteiger partial charge is 0.0693 e. The molecule has 1 N–H and O–H groups in total. The van der Waals surface area contributed by atoms with Gasteiger partial charge >= 0.3 is 0 Å². The summed E-state index contributed by atoms with van der Waals surface area (Å²) in [5, 5.41) is 12.2. The third-order valence-corrected chi connectivity index (χ3v) is 5.03. The number of hydrogen-bond donors (Lipinski definition) is 1. The molecule has 2 nitrogen and oxygen atoms in total. The molecule has 3 heteroatoms. The van der Waals surface area contributed by atoms with E-state index in [9.17, 15) is 5.11 Å². The first-order valence-electron chi connectivity index (χ1n) is 6.55. The lowest BCUT2D eigenvalue weighted by Crippen LogP contribution is -2.53. The Morgan fingerprint density at radius 2 is 2.29 bits per heavy atom. The molecule has 0 saturated heterocycles. The molecule has 1 aliphatic rings. The summed E-state index contributed by atoms with van der Waals surface area (Å²) in [6.07, 6.45) is 3.28. The average molecular weight is 253 g/mol. The van der Waals surface area contributed by atoms with Crippen LogP contribution in [-0.4, -0.2) is 27.7 Å². The predicted molar refractivity (Wildman–Crippen MR) is 73.3 cm³/mol. The van der Waals surface area contributed by atoms with Gasteiger partial charge in [-0.1, -0.05) is 13.0 Å². The van der Waals surface area contributed by atoms with Gasteiger partial charge < -0.3 is 5.11 Å². The molecule has 1 aromatic heterocycles. The van der Waals surface area contributed by atoms with E-state index < -0.39 is 0 Å². The maximum absolute atomic E-state index is 10.1. The molecule has 2 unspecified atom stereocenters. The Morgan fingerprint density at radius 1 is 1.59 bits per heavy atom. The monoisotopic (exact) mass is 253 g/mol. The number of rotatable bonds is 6. The summed E-state index contributed by atoms with van der Waals surface area (Å²) in [5.41, 5.74) is -0.0921. The first-order chi connectivity index (χ1) is 8.08. The van der Waals surface area contributed by atoms with E-state index in [0.29, 0.717) is 6.04 Å². The Hall–Kier alpha value is -0.380. The molecule has 1 heterocycles. The molecule has 0 aliphatic heterocycles. The molecule has 0 radical (unpaired) electrons. The lowest BCUT2D eigenvalue weighted by atomic mass is 9.90. The molecule has 1 fully saturated rings. The highest BCUT2D eigenvalue weighted by atomic mass is 32.1. The molecule has 1 aromatic rings. The first-order valence-corrected chi connectivity index (χ1v) is 7.43. The van der Waals surface area contributed by atoms with E-state index in [1.54, 1.807) is 0 Å². The number of hydrogen-bond acceptors (Lipinski definition) is 3. The van der Waals surface area contributed by atoms with Crippen molar-refractivity contribution < 1.29 is 5.11 Å². The SMILES string of the molecule is CCC(C)(C(C)O)N(Cc1cccs1)C1CC1. The van der Waals surface area contributed by atoms with Gasteiger partial charge in [0.05, 0.1) is 6.10 Å². The maximum atomic E-state index is 10.1. The van der Waals surface area contributed by atoms with Crippen LogP contribution in [0, 0.1) is 0 Å². The zero-order valence-corrected chi connectivity index (χ0v) is 11.8. The maximum Gasteiger partial charge on any atom is 0.0693 e. The fourth-order valence-corrected chi connectivity index (χ4v) is 3.12. The lowest BCUT2D eigenvalue weighted by Gasteiger charge is -2.43. The summed E-state index contributed by atoms with van der Waals surface area (Å²) in [4.78, 5) is 3.92. The van der Waals surface area contributed by atoms with Gasteiger partial charge in [-0.05, 0) is 44.6 Å². The molecule has 2 atom stereocenters. The van der Waals surface area contributed by atoms with Crippen molar-refractivity contribution in [3.05, 3.63) is 22.4 Å². The summed E-state index contributed by atoms with van der Waals surface area (Å²) >= 11 is 1.81. The Balaban J connectivity index is 2.16. The molecule has 1 saturated carbocycles. The predicted octanol–water partition coefficient (Wildman–Crippen LogP) is 3.26. The number of thiophene rings is 1. The third-order valence-electron chi connectivity index (χ3n) is 4.17. The molecule has 1 aliphatic carbocycles. The fraction of sp³-hybridized carbons (Fsp3) is 0.714. The first kappa shape index (κ1) is 13.1. The fourth-order valence-electron chi connectivity index (χ4n) is 2.42. The van der Waals surface area contributed by atoms with Gasteiger partial charge in [0.15, 0.2) is 0 Å². The molecule has 0 amide bonds. The Kier molecular flexibility index (Phi) is 3.91. The Labute approximate surface area is 108 Å². The minimum absolute atomic E-state index is 0.0921. The lowest BCUT2D eigenvalue weighted by molar-refractivity contribution is -0.0245. The summed E-state index contributed by atoms with van der Waals surface area (Å²) in [6, 6.07) is 4.98. The molecular formula is C14H23NOS. The highest BCUT2D eigenvalue weighted by molar-refractivity contribution is 7.09. The molecule has 0 bridgehead atoms. The summed E-state index contributed by atoms with van der Waals surface area (Å²) in [6.45, 7) is 7.28. The Bertz CT molecular complexity index is 345. The van der Waals surface area contributed by atoms with Gasteiger partial charge in [-0.15, -0.1) is 11.3 Å². The largest absolute Gasteiger partial charge is 0.391 e. The van der Waals surface area contributed by atoms with Crippen LogP contribution < -0.4 is 0 Å². The highest BCUT2D eigenvalue weighted by Gasteiger charge is 2.42. The van der Waals surface area contributed by atoms with Crippen LogP contribution in [0.2, 0.25) is 0 Å². The second kappa shape index (κ2) is 5.09. The molecular weight excluding hydrogens is 230 g/mol. The molecule has 96 valence electrons. The summed E-state index contributed by atoms with van der Waals surface area (Å²) < 4.78 is 0. The highest BCUT2D eigenvalue weighted by Crippen LogP contribution is 2.38. The zero-order valence-electron chi connectivity index (χ0n) is 11.0. The normalized spacial score (nSPS) is 21.5. The minimum Gasteiger partial charge on any atom is -0.391 e. The van der Waals surface area contributed by atoms with Gasteiger partial charge in [-0.3, -0.25) is 4.90 Å². The van der Waals surface area contributed by atoms with Crippen molar-refractivity contribution in [1.29, 1.82) is 0 Å². The Morgan fingerprint density at radius 3 is 2.71 bits per heavy atom.